The molecule has 4 heteroatoms. The zero-order valence-electron chi connectivity index (χ0n) is 8.92. The van der Waals surface area contributed by atoms with Crippen LogP contribution in [0.3, 0.4) is 0 Å². The predicted octanol–water partition coefficient (Wildman–Crippen LogP) is 2.80. The van der Waals surface area contributed by atoms with Gasteiger partial charge < -0.3 is 4.84 Å². The van der Waals surface area contributed by atoms with E-state index in [1.165, 1.54) is 12.5 Å². The quantitative estimate of drug-likeness (QED) is 0.848. The second-order valence-corrected chi connectivity index (χ2v) is 4.57. The molecule has 0 fully saturated rings. The largest absolute Gasteiger partial charge is 0.344 e. The van der Waals surface area contributed by atoms with Gasteiger partial charge in [-0.3, -0.25) is 4.79 Å². The van der Waals surface area contributed by atoms with Crippen LogP contribution < -0.4 is 5.48 Å². The summed E-state index contributed by atoms with van der Waals surface area (Å²) in [5.41, 5.74) is 5.90. The average Bonchev–Trinajstić information content (AvgIpc) is 2.26. The lowest BCUT2D eigenvalue weighted by atomic mass is 9.95. The molecule has 84 valence electrons. The van der Waals surface area contributed by atoms with Gasteiger partial charge >= 0.3 is 5.97 Å². The number of hydrogen-bond acceptors (Lipinski definition) is 3. The summed E-state index contributed by atoms with van der Waals surface area (Å²) in [4.78, 5) is 15.5. The number of benzene rings is 1. The van der Waals surface area contributed by atoms with Gasteiger partial charge in [0.05, 0.1) is 5.70 Å². The lowest BCUT2D eigenvalue weighted by molar-refractivity contribution is -0.145. The van der Waals surface area contributed by atoms with Gasteiger partial charge in [-0.25, -0.2) is 5.48 Å². The Hall–Kier alpha value is -1.29. The highest BCUT2D eigenvalue weighted by Gasteiger charge is 2.13. The van der Waals surface area contributed by atoms with Crippen LogP contribution in [-0.2, 0) is 16.1 Å². The zero-order valence-corrected chi connectivity index (χ0v) is 10.5. The summed E-state index contributed by atoms with van der Waals surface area (Å²) in [5, 5.41) is 0. The number of aryl methyl sites for hydroxylation is 1. The molecule has 16 heavy (non-hydrogen) atoms. The molecule has 0 aliphatic heterocycles. The Labute approximate surface area is 103 Å². The molecule has 0 spiro atoms. The minimum Gasteiger partial charge on any atom is -0.344 e. The summed E-state index contributed by atoms with van der Waals surface area (Å²) in [6.45, 7) is 1.37. The van der Waals surface area contributed by atoms with Crippen molar-refractivity contribution in [3.63, 3.8) is 0 Å². The highest BCUT2D eigenvalue weighted by Crippen LogP contribution is 2.27. The van der Waals surface area contributed by atoms with E-state index in [9.17, 15) is 4.79 Å². The number of nitrogens with one attached hydrogen (secondary N) is 1. The van der Waals surface area contributed by atoms with Gasteiger partial charge in [-0.2, -0.15) is 0 Å². The molecule has 0 bridgehead atoms. The van der Waals surface area contributed by atoms with Gasteiger partial charge in [-0.1, -0.05) is 28.1 Å². The summed E-state index contributed by atoms with van der Waals surface area (Å²) in [7, 11) is 0. The molecule has 0 atom stereocenters. The molecule has 0 unspecified atom stereocenters. The standard InChI is InChI=1S/C12H12BrNO2/c1-8(15)16-14-12-4-2-3-9-5-6-10(13)7-11(9)12/h4-7,14H,2-3H2,1H3. The summed E-state index contributed by atoms with van der Waals surface area (Å²) in [6.07, 6.45) is 4.02. The molecule has 0 saturated heterocycles. The third-order valence-corrected chi connectivity index (χ3v) is 2.92. The minimum absolute atomic E-state index is 0.344. The van der Waals surface area contributed by atoms with E-state index in [4.69, 9.17) is 4.84 Å². The second-order valence-electron chi connectivity index (χ2n) is 3.65. The highest BCUT2D eigenvalue weighted by molar-refractivity contribution is 9.10. The van der Waals surface area contributed by atoms with Gasteiger partial charge in [0, 0.05) is 17.0 Å². The van der Waals surface area contributed by atoms with E-state index in [-0.39, 0.29) is 5.97 Å². The predicted molar refractivity (Wildman–Crippen MR) is 65.3 cm³/mol. The van der Waals surface area contributed by atoms with E-state index in [0.717, 1.165) is 28.6 Å². The number of carbonyl (C=O) groups excluding carboxylic acids is 1. The molecule has 0 radical (unpaired) electrons. The van der Waals surface area contributed by atoms with Crippen LogP contribution in [0, 0.1) is 0 Å². The van der Waals surface area contributed by atoms with Crippen LogP contribution in [0.2, 0.25) is 0 Å². The van der Waals surface area contributed by atoms with Crippen LogP contribution in [0.15, 0.2) is 28.7 Å². The number of allylic oxidation sites excluding steroid dienone is 1. The first-order valence-corrected chi connectivity index (χ1v) is 5.88. The Balaban J connectivity index is 2.25. The number of hydroxylamine groups is 1. The van der Waals surface area contributed by atoms with Crippen molar-refractivity contribution in [2.24, 2.45) is 0 Å². The minimum atomic E-state index is -0.344. The van der Waals surface area contributed by atoms with E-state index in [1.807, 2.05) is 18.2 Å². The topological polar surface area (TPSA) is 38.3 Å². The van der Waals surface area contributed by atoms with Crippen LogP contribution in [-0.4, -0.2) is 5.97 Å². The summed E-state index contributed by atoms with van der Waals surface area (Å²) in [5.74, 6) is -0.344. The van der Waals surface area contributed by atoms with E-state index in [0.29, 0.717) is 0 Å². The summed E-state index contributed by atoms with van der Waals surface area (Å²) >= 11 is 3.44. The third-order valence-electron chi connectivity index (χ3n) is 2.43. The van der Waals surface area contributed by atoms with Crippen LogP contribution in [0.5, 0.6) is 0 Å². The first kappa shape index (κ1) is 11.2. The zero-order chi connectivity index (χ0) is 11.5. The van der Waals surface area contributed by atoms with Crippen molar-refractivity contribution >= 4 is 27.6 Å². The number of carbonyl (C=O) groups is 1. The van der Waals surface area contributed by atoms with Crippen LogP contribution in [0.25, 0.3) is 5.70 Å². The highest BCUT2D eigenvalue weighted by atomic mass is 79.9. The van der Waals surface area contributed by atoms with Crippen molar-refractivity contribution in [1.29, 1.82) is 0 Å². The van der Waals surface area contributed by atoms with Crippen LogP contribution in [0.1, 0.15) is 24.5 Å². The Morgan fingerprint density at radius 3 is 3.06 bits per heavy atom. The number of halogens is 1. The molecule has 0 amide bonds. The van der Waals surface area contributed by atoms with Crippen LogP contribution >= 0.6 is 15.9 Å². The molecule has 1 aromatic rings. The number of fused-ring (bicyclic) bond motifs is 1. The SMILES string of the molecule is CC(=O)ONC1=CCCc2ccc(Br)cc21. The molecule has 0 heterocycles. The Morgan fingerprint density at radius 2 is 2.31 bits per heavy atom. The molecule has 1 aliphatic rings. The maximum Gasteiger partial charge on any atom is 0.329 e. The Bertz CT molecular complexity index is 454. The van der Waals surface area contributed by atoms with Crippen molar-refractivity contribution in [1.82, 2.24) is 5.48 Å². The fraction of sp³-hybridized carbons (Fsp3) is 0.250. The van der Waals surface area contributed by atoms with Gasteiger partial charge in [0.2, 0.25) is 0 Å². The monoisotopic (exact) mass is 281 g/mol. The molecular weight excluding hydrogens is 270 g/mol. The summed E-state index contributed by atoms with van der Waals surface area (Å²) in [6, 6.07) is 6.13. The van der Waals surface area contributed by atoms with Crippen LogP contribution in [0.4, 0.5) is 0 Å². The molecule has 0 aromatic heterocycles. The van der Waals surface area contributed by atoms with Gasteiger partial charge in [0.15, 0.2) is 0 Å². The number of rotatable bonds is 2. The van der Waals surface area contributed by atoms with Gasteiger partial charge in [0.25, 0.3) is 0 Å². The van der Waals surface area contributed by atoms with Crippen molar-refractivity contribution in [2.75, 3.05) is 0 Å². The fourth-order valence-electron chi connectivity index (χ4n) is 1.72. The van der Waals surface area contributed by atoms with E-state index in [1.54, 1.807) is 0 Å². The molecule has 3 nitrogen and oxygen atoms in total. The van der Waals surface area contributed by atoms with E-state index >= 15 is 0 Å². The van der Waals surface area contributed by atoms with E-state index < -0.39 is 0 Å². The molecule has 2 rings (SSSR count). The van der Waals surface area contributed by atoms with Crippen molar-refractivity contribution in [3.8, 4) is 0 Å². The fourth-order valence-corrected chi connectivity index (χ4v) is 2.08. The molecule has 1 aliphatic carbocycles. The summed E-state index contributed by atoms with van der Waals surface area (Å²) < 4.78 is 1.02. The molecule has 1 N–H and O–H groups in total. The number of hydrogen-bond donors (Lipinski definition) is 1. The molecule has 0 saturated carbocycles. The average molecular weight is 282 g/mol. The van der Waals surface area contributed by atoms with Crippen molar-refractivity contribution < 1.29 is 9.63 Å². The first-order valence-electron chi connectivity index (χ1n) is 5.09. The Morgan fingerprint density at radius 1 is 1.50 bits per heavy atom. The lowest BCUT2D eigenvalue weighted by Gasteiger charge is -2.18. The maximum absolute atomic E-state index is 10.7. The molecular formula is C12H12BrNO2. The third kappa shape index (κ3) is 2.44. The van der Waals surface area contributed by atoms with E-state index in [2.05, 4.69) is 27.5 Å². The molecule has 1 aromatic carbocycles. The van der Waals surface area contributed by atoms with Gasteiger partial charge in [0.1, 0.15) is 0 Å². The lowest BCUT2D eigenvalue weighted by Crippen LogP contribution is -2.19. The Kier molecular flexibility index (Phi) is 3.29. The van der Waals surface area contributed by atoms with Gasteiger partial charge in [-0.15, -0.1) is 0 Å². The second kappa shape index (κ2) is 4.70. The maximum atomic E-state index is 10.7. The smallest absolute Gasteiger partial charge is 0.329 e. The first-order chi connectivity index (χ1) is 7.66. The van der Waals surface area contributed by atoms with Gasteiger partial charge in [-0.05, 0) is 30.5 Å². The normalized spacial score (nSPS) is 13.8. The van der Waals surface area contributed by atoms with Crippen molar-refractivity contribution in [3.05, 3.63) is 39.9 Å². The van der Waals surface area contributed by atoms with Crippen molar-refractivity contribution in [2.45, 2.75) is 19.8 Å².